The Morgan fingerprint density at radius 1 is 0.846 bits per heavy atom. The zero-order chi connectivity index (χ0) is 18.2. The molecule has 0 aliphatic heterocycles. The van der Waals surface area contributed by atoms with Gasteiger partial charge < -0.3 is 0 Å². The van der Waals surface area contributed by atoms with E-state index in [2.05, 4.69) is 4.98 Å². The molecule has 3 heteroatoms. The Hall–Kier alpha value is -2.81. The van der Waals surface area contributed by atoms with Gasteiger partial charge in [0, 0.05) is 18.2 Å². The summed E-state index contributed by atoms with van der Waals surface area (Å²) in [6, 6.07) is 20.4. The van der Waals surface area contributed by atoms with Crippen molar-refractivity contribution < 1.29 is 9.18 Å². The van der Waals surface area contributed by atoms with Crippen molar-refractivity contribution in [3.05, 3.63) is 101 Å². The van der Waals surface area contributed by atoms with Gasteiger partial charge in [-0.3, -0.25) is 9.78 Å². The second-order valence-electron chi connectivity index (χ2n) is 6.39. The van der Waals surface area contributed by atoms with Crippen molar-refractivity contribution in [1.29, 1.82) is 0 Å². The van der Waals surface area contributed by atoms with Gasteiger partial charge in [0.25, 0.3) is 0 Å². The molecule has 2 nitrogen and oxygen atoms in total. The molecule has 0 atom stereocenters. The summed E-state index contributed by atoms with van der Waals surface area (Å²) in [5.41, 5.74) is 3.68. The molecule has 132 valence electrons. The van der Waals surface area contributed by atoms with Crippen LogP contribution in [0.15, 0.2) is 72.9 Å². The highest BCUT2D eigenvalue weighted by molar-refractivity contribution is 5.97. The summed E-state index contributed by atoms with van der Waals surface area (Å²) >= 11 is 0. The molecule has 3 rings (SSSR count). The Labute approximate surface area is 153 Å². The standard InChI is InChI=1S/C23H22FNO/c24-20-11-4-9-19(17-20)10-5-13-22-21(12-6-16-25-22)23(26)15-14-18-7-2-1-3-8-18/h1-4,6-9,11-12,16-17H,5,10,13-15H2. The van der Waals surface area contributed by atoms with Crippen LogP contribution in [0, 0.1) is 5.82 Å². The third-order valence-electron chi connectivity index (χ3n) is 4.44. The van der Waals surface area contributed by atoms with E-state index in [0.29, 0.717) is 18.4 Å². The molecule has 0 aliphatic carbocycles. The maximum absolute atomic E-state index is 13.3. The lowest BCUT2D eigenvalue weighted by Gasteiger charge is -2.08. The minimum absolute atomic E-state index is 0.128. The molecule has 1 aromatic heterocycles. The van der Waals surface area contributed by atoms with Crippen LogP contribution in [-0.4, -0.2) is 10.8 Å². The molecule has 0 saturated carbocycles. The van der Waals surface area contributed by atoms with Crippen LogP contribution in [0.25, 0.3) is 0 Å². The van der Waals surface area contributed by atoms with Gasteiger partial charge in [-0.15, -0.1) is 0 Å². The lowest BCUT2D eigenvalue weighted by Crippen LogP contribution is -2.07. The van der Waals surface area contributed by atoms with Gasteiger partial charge in [-0.25, -0.2) is 4.39 Å². The van der Waals surface area contributed by atoms with Gasteiger partial charge in [0.15, 0.2) is 5.78 Å². The molecule has 0 fully saturated rings. The van der Waals surface area contributed by atoms with Gasteiger partial charge in [0.1, 0.15) is 5.82 Å². The van der Waals surface area contributed by atoms with E-state index < -0.39 is 0 Å². The number of carbonyl (C=O) groups is 1. The molecule has 26 heavy (non-hydrogen) atoms. The van der Waals surface area contributed by atoms with Gasteiger partial charge in [-0.1, -0.05) is 42.5 Å². The fourth-order valence-corrected chi connectivity index (χ4v) is 3.08. The Morgan fingerprint density at radius 2 is 1.65 bits per heavy atom. The van der Waals surface area contributed by atoms with Gasteiger partial charge in [-0.05, 0) is 61.1 Å². The fourth-order valence-electron chi connectivity index (χ4n) is 3.08. The Morgan fingerprint density at radius 3 is 2.46 bits per heavy atom. The van der Waals surface area contributed by atoms with Crippen LogP contribution in [-0.2, 0) is 19.3 Å². The van der Waals surface area contributed by atoms with Crippen LogP contribution in [0.1, 0.15) is 40.0 Å². The summed E-state index contributed by atoms with van der Waals surface area (Å²) in [6.07, 6.45) is 5.25. The molecule has 2 aromatic carbocycles. The number of carbonyl (C=O) groups excluding carboxylic acids is 1. The number of pyridine rings is 1. The van der Waals surface area contributed by atoms with Crippen LogP contribution in [0.2, 0.25) is 0 Å². The summed E-state index contributed by atoms with van der Waals surface area (Å²) in [6.45, 7) is 0. The molecule has 0 amide bonds. The largest absolute Gasteiger partial charge is 0.294 e. The first kappa shape index (κ1) is 18.0. The summed E-state index contributed by atoms with van der Waals surface area (Å²) < 4.78 is 13.3. The van der Waals surface area contributed by atoms with Gasteiger partial charge in [0.05, 0.1) is 5.69 Å². The van der Waals surface area contributed by atoms with Crippen molar-refractivity contribution in [2.75, 3.05) is 0 Å². The molecule has 0 radical (unpaired) electrons. The van der Waals surface area contributed by atoms with Crippen molar-refractivity contribution in [2.45, 2.75) is 32.1 Å². The van der Waals surface area contributed by atoms with E-state index in [1.165, 1.54) is 6.07 Å². The number of benzene rings is 2. The first-order valence-electron chi connectivity index (χ1n) is 8.98. The highest BCUT2D eigenvalue weighted by Crippen LogP contribution is 2.15. The number of hydrogen-bond acceptors (Lipinski definition) is 2. The number of nitrogens with zero attached hydrogens (tertiary/aromatic N) is 1. The molecule has 0 spiro atoms. The smallest absolute Gasteiger partial charge is 0.165 e. The number of aryl methyl sites for hydroxylation is 3. The summed E-state index contributed by atoms with van der Waals surface area (Å²) in [5.74, 6) is -0.0835. The first-order chi connectivity index (χ1) is 12.7. The molecule has 0 unspecified atom stereocenters. The zero-order valence-electron chi connectivity index (χ0n) is 14.7. The number of ketones is 1. The van der Waals surface area contributed by atoms with Crippen molar-refractivity contribution in [3.63, 3.8) is 0 Å². The quantitative estimate of drug-likeness (QED) is 0.524. The summed E-state index contributed by atoms with van der Waals surface area (Å²) in [4.78, 5) is 17.0. The number of rotatable bonds is 8. The number of aromatic nitrogens is 1. The topological polar surface area (TPSA) is 30.0 Å². The van der Waals surface area contributed by atoms with E-state index in [4.69, 9.17) is 0 Å². The van der Waals surface area contributed by atoms with Crippen molar-refractivity contribution >= 4 is 5.78 Å². The predicted octanol–water partition coefficient (Wildman–Crippen LogP) is 5.21. The Kier molecular flexibility index (Phi) is 6.26. The van der Waals surface area contributed by atoms with E-state index in [1.807, 2.05) is 48.5 Å². The Bertz CT molecular complexity index is 861. The van der Waals surface area contributed by atoms with Crippen LogP contribution in [0.5, 0.6) is 0 Å². The SMILES string of the molecule is O=C(CCc1ccccc1)c1cccnc1CCCc1cccc(F)c1. The maximum Gasteiger partial charge on any atom is 0.165 e. The van der Waals surface area contributed by atoms with E-state index in [1.54, 1.807) is 18.3 Å². The summed E-state index contributed by atoms with van der Waals surface area (Å²) in [7, 11) is 0. The Balaban J connectivity index is 1.59. The molecule has 0 bridgehead atoms. The number of Topliss-reactive ketones (excluding diaryl/α,β-unsaturated/α-hetero) is 1. The molecule has 0 aliphatic rings. The monoisotopic (exact) mass is 347 g/mol. The zero-order valence-corrected chi connectivity index (χ0v) is 14.7. The minimum atomic E-state index is -0.211. The van der Waals surface area contributed by atoms with E-state index in [-0.39, 0.29) is 11.6 Å². The summed E-state index contributed by atoms with van der Waals surface area (Å²) in [5, 5.41) is 0. The van der Waals surface area contributed by atoms with Crippen molar-refractivity contribution in [1.82, 2.24) is 4.98 Å². The van der Waals surface area contributed by atoms with Crippen LogP contribution in [0.4, 0.5) is 4.39 Å². The van der Waals surface area contributed by atoms with E-state index in [0.717, 1.165) is 36.1 Å². The van der Waals surface area contributed by atoms with Gasteiger partial charge in [-0.2, -0.15) is 0 Å². The molecule has 1 heterocycles. The molecule has 3 aromatic rings. The first-order valence-corrected chi connectivity index (χ1v) is 8.98. The average Bonchev–Trinajstić information content (AvgIpc) is 2.67. The molecular formula is C23H22FNO. The predicted molar refractivity (Wildman–Crippen MR) is 102 cm³/mol. The number of hydrogen-bond donors (Lipinski definition) is 0. The second kappa shape index (κ2) is 9.04. The lowest BCUT2D eigenvalue weighted by molar-refractivity contribution is 0.0981. The number of halogens is 1. The van der Waals surface area contributed by atoms with Crippen LogP contribution < -0.4 is 0 Å². The highest BCUT2D eigenvalue weighted by Gasteiger charge is 2.12. The third kappa shape index (κ3) is 5.09. The highest BCUT2D eigenvalue weighted by atomic mass is 19.1. The van der Waals surface area contributed by atoms with Crippen LogP contribution in [0.3, 0.4) is 0 Å². The second-order valence-corrected chi connectivity index (χ2v) is 6.39. The van der Waals surface area contributed by atoms with Gasteiger partial charge in [0.2, 0.25) is 0 Å². The molecule has 0 saturated heterocycles. The fraction of sp³-hybridized carbons (Fsp3) is 0.217. The van der Waals surface area contributed by atoms with Crippen molar-refractivity contribution in [2.24, 2.45) is 0 Å². The lowest BCUT2D eigenvalue weighted by atomic mass is 9.98. The minimum Gasteiger partial charge on any atom is -0.294 e. The third-order valence-corrected chi connectivity index (χ3v) is 4.44. The maximum atomic E-state index is 13.3. The normalized spacial score (nSPS) is 10.7. The van der Waals surface area contributed by atoms with E-state index in [9.17, 15) is 9.18 Å². The van der Waals surface area contributed by atoms with E-state index >= 15 is 0 Å². The molecular weight excluding hydrogens is 325 g/mol. The van der Waals surface area contributed by atoms with Crippen molar-refractivity contribution in [3.8, 4) is 0 Å². The molecule has 0 N–H and O–H groups in total. The van der Waals surface area contributed by atoms with Crippen LogP contribution >= 0.6 is 0 Å². The average molecular weight is 347 g/mol. The van der Waals surface area contributed by atoms with Gasteiger partial charge >= 0.3 is 0 Å².